The van der Waals surface area contributed by atoms with Crippen LogP contribution in [0.5, 0.6) is 11.8 Å². The Morgan fingerprint density at radius 3 is 2.62 bits per heavy atom. The molecule has 0 radical (unpaired) electrons. The molecule has 11 nitrogen and oxygen atoms in total. The normalized spacial score (nSPS) is 16.5. The highest BCUT2D eigenvalue weighted by atomic mass is 32.2. The van der Waals surface area contributed by atoms with Crippen LogP contribution in [0.1, 0.15) is 12.2 Å². The Balaban J connectivity index is 1.73. The maximum Gasteiger partial charge on any atom is 0.326 e. The van der Waals surface area contributed by atoms with Crippen molar-refractivity contribution in [2.24, 2.45) is 5.14 Å². The van der Waals surface area contributed by atoms with Crippen LogP contribution in [0.25, 0.3) is 21.9 Å². The number of hydrogen-bond acceptors (Lipinski definition) is 9. The van der Waals surface area contributed by atoms with Gasteiger partial charge in [-0.2, -0.15) is 9.97 Å². The first-order chi connectivity index (χ1) is 16.2. The summed E-state index contributed by atoms with van der Waals surface area (Å²) in [5.74, 6) is -1.12. The molecule has 1 aromatic carbocycles. The van der Waals surface area contributed by atoms with Crippen LogP contribution in [0.4, 0.5) is 20.3 Å². The molecule has 0 bridgehead atoms. The van der Waals surface area contributed by atoms with Gasteiger partial charge in [0.1, 0.15) is 17.3 Å². The van der Waals surface area contributed by atoms with Crippen LogP contribution in [0.3, 0.4) is 0 Å². The van der Waals surface area contributed by atoms with E-state index in [1.54, 1.807) is 18.9 Å². The number of primary sulfonamides is 1. The van der Waals surface area contributed by atoms with Gasteiger partial charge in [-0.05, 0) is 13.3 Å². The molecule has 3 aromatic heterocycles. The minimum absolute atomic E-state index is 0.0283. The van der Waals surface area contributed by atoms with Gasteiger partial charge in [-0.25, -0.2) is 32.3 Å². The van der Waals surface area contributed by atoms with E-state index >= 15 is 4.39 Å². The molecule has 5 rings (SSSR count). The third-order valence-corrected chi connectivity index (χ3v) is 7.04. The fourth-order valence-corrected chi connectivity index (χ4v) is 4.88. The van der Waals surface area contributed by atoms with E-state index in [0.29, 0.717) is 11.5 Å². The number of hydrogen-bond donors (Lipinski definition) is 3. The third-order valence-electron chi connectivity index (χ3n) is 5.73. The number of anilines is 2. The standard InChI is InChI=1S/C20H20F2N8O3S/c1-9-25-6-10(7-26-9)33-20-28-18-15(14-16(22)12(21)5-13(24-2)17(14)27-18)19(29-20)30-4-3-11(8-30)34(23,31)32/h5-7,11,24H,3-4,8H2,1-2H3,(H2,23,31,32)(H,27,28,29). The zero-order valence-electron chi connectivity index (χ0n) is 18.1. The van der Waals surface area contributed by atoms with E-state index in [2.05, 4.69) is 30.2 Å². The predicted octanol–water partition coefficient (Wildman–Crippen LogP) is 2.19. The summed E-state index contributed by atoms with van der Waals surface area (Å²) in [7, 11) is -2.22. The van der Waals surface area contributed by atoms with Crippen LogP contribution < -0.4 is 20.1 Å². The molecule has 4 heterocycles. The van der Waals surface area contributed by atoms with Gasteiger partial charge in [0.25, 0.3) is 0 Å². The van der Waals surface area contributed by atoms with Crippen molar-refractivity contribution in [3.05, 3.63) is 35.9 Å². The Kier molecular flexibility index (Phi) is 5.20. The molecule has 4 N–H and O–H groups in total. The van der Waals surface area contributed by atoms with Crippen molar-refractivity contribution >= 4 is 43.5 Å². The number of nitrogens with one attached hydrogen (secondary N) is 2. The van der Waals surface area contributed by atoms with Crippen molar-refractivity contribution in [3.63, 3.8) is 0 Å². The van der Waals surface area contributed by atoms with Crippen LogP contribution in [0.2, 0.25) is 0 Å². The van der Waals surface area contributed by atoms with Crippen LogP contribution in [0, 0.1) is 18.6 Å². The summed E-state index contributed by atoms with van der Waals surface area (Å²) in [5, 5.41) is 7.49. The Morgan fingerprint density at radius 1 is 1.24 bits per heavy atom. The van der Waals surface area contributed by atoms with Crippen molar-refractivity contribution in [2.45, 2.75) is 18.6 Å². The van der Waals surface area contributed by atoms with Gasteiger partial charge in [-0.15, -0.1) is 0 Å². The van der Waals surface area contributed by atoms with E-state index in [4.69, 9.17) is 9.88 Å². The van der Waals surface area contributed by atoms with Crippen molar-refractivity contribution in [2.75, 3.05) is 30.4 Å². The SMILES string of the molecule is CNc1cc(F)c(F)c2c1[nH]c1nc(Oc3cnc(C)nc3)nc(N3CCC(S(N)(=O)=O)C3)c12. The summed E-state index contributed by atoms with van der Waals surface area (Å²) in [6.45, 7) is 2.03. The smallest absolute Gasteiger partial charge is 0.326 e. The molecule has 0 aliphatic carbocycles. The first-order valence-corrected chi connectivity index (χ1v) is 11.9. The molecular formula is C20H20F2N8O3S. The zero-order valence-corrected chi connectivity index (χ0v) is 18.9. The highest BCUT2D eigenvalue weighted by molar-refractivity contribution is 7.89. The third kappa shape index (κ3) is 3.74. The number of aromatic nitrogens is 5. The molecular weight excluding hydrogens is 470 g/mol. The first kappa shape index (κ1) is 22.2. The topological polar surface area (TPSA) is 152 Å². The minimum Gasteiger partial charge on any atom is -0.421 e. The molecule has 14 heteroatoms. The lowest BCUT2D eigenvalue weighted by molar-refractivity contribution is 0.439. The summed E-state index contributed by atoms with van der Waals surface area (Å²) in [4.78, 5) is 21.6. The average molecular weight is 490 g/mol. The van der Waals surface area contributed by atoms with E-state index in [1.165, 1.54) is 12.4 Å². The molecule has 1 unspecified atom stereocenters. The first-order valence-electron chi connectivity index (χ1n) is 10.3. The summed E-state index contributed by atoms with van der Waals surface area (Å²) in [5.41, 5.74) is 0.782. The van der Waals surface area contributed by atoms with Crippen molar-refractivity contribution in [3.8, 4) is 11.8 Å². The molecule has 1 atom stereocenters. The van der Waals surface area contributed by atoms with Gasteiger partial charge < -0.3 is 19.9 Å². The van der Waals surface area contributed by atoms with Gasteiger partial charge in [-0.3, -0.25) is 0 Å². The second kappa shape index (κ2) is 7.99. The van der Waals surface area contributed by atoms with Gasteiger partial charge in [0, 0.05) is 26.2 Å². The van der Waals surface area contributed by atoms with E-state index < -0.39 is 26.9 Å². The number of aromatic amines is 1. The van der Waals surface area contributed by atoms with Crippen LogP contribution in [-0.2, 0) is 10.0 Å². The number of halogens is 2. The molecule has 34 heavy (non-hydrogen) atoms. The fraction of sp³-hybridized carbons (Fsp3) is 0.300. The summed E-state index contributed by atoms with van der Waals surface area (Å²) in [6, 6.07) is 0.932. The second-order valence-electron chi connectivity index (χ2n) is 7.91. The van der Waals surface area contributed by atoms with E-state index in [1.807, 2.05) is 0 Å². The number of aryl methyl sites for hydroxylation is 1. The molecule has 4 aromatic rings. The van der Waals surface area contributed by atoms with Gasteiger partial charge in [0.15, 0.2) is 17.4 Å². The maximum absolute atomic E-state index is 15.0. The van der Waals surface area contributed by atoms with Crippen LogP contribution in [-0.4, -0.2) is 58.7 Å². The number of benzene rings is 1. The molecule has 178 valence electrons. The molecule has 0 spiro atoms. The second-order valence-corrected chi connectivity index (χ2v) is 9.76. The molecule has 0 amide bonds. The number of ether oxygens (including phenoxy) is 1. The molecule has 1 aliphatic rings. The monoisotopic (exact) mass is 490 g/mol. The van der Waals surface area contributed by atoms with Gasteiger partial charge in [-0.1, -0.05) is 0 Å². The Hall–Kier alpha value is -3.65. The molecule has 1 fully saturated rings. The summed E-state index contributed by atoms with van der Waals surface area (Å²) >= 11 is 0. The maximum atomic E-state index is 15.0. The van der Waals surface area contributed by atoms with E-state index in [9.17, 15) is 12.8 Å². The Labute approximate surface area is 192 Å². The lowest BCUT2D eigenvalue weighted by atomic mass is 10.1. The van der Waals surface area contributed by atoms with Crippen molar-refractivity contribution < 1.29 is 21.9 Å². The zero-order chi connectivity index (χ0) is 24.2. The Bertz CT molecular complexity index is 1530. The molecule has 0 saturated carbocycles. The van der Waals surface area contributed by atoms with E-state index in [0.717, 1.165) is 6.07 Å². The minimum atomic E-state index is -3.80. The summed E-state index contributed by atoms with van der Waals surface area (Å²) < 4.78 is 59.0. The van der Waals surface area contributed by atoms with Crippen molar-refractivity contribution in [1.82, 2.24) is 24.9 Å². The number of rotatable bonds is 5. The number of sulfonamides is 1. The largest absolute Gasteiger partial charge is 0.421 e. The van der Waals surface area contributed by atoms with Crippen LogP contribution in [0.15, 0.2) is 18.5 Å². The number of fused-ring (bicyclic) bond motifs is 3. The number of nitrogens with two attached hydrogens (primary N) is 1. The van der Waals surface area contributed by atoms with Crippen molar-refractivity contribution in [1.29, 1.82) is 0 Å². The Morgan fingerprint density at radius 2 is 1.97 bits per heavy atom. The fourth-order valence-electron chi connectivity index (χ4n) is 4.06. The van der Waals surface area contributed by atoms with E-state index in [-0.39, 0.29) is 59.0 Å². The predicted molar refractivity (Wildman–Crippen MR) is 121 cm³/mol. The van der Waals surface area contributed by atoms with Gasteiger partial charge >= 0.3 is 6.01 Å². The molecule has 1 aliphatic heterocycles. The number of H-pyrrole nitrogens is 1. The van der Waals surface area contributed by atoms with Gasteiger partial charge in [0.05, 0.1) is 39.6 Å². The highest BCUT2D eigenvalue weighted by Crippen LogP contribution is 2.40. The quantitative estimate of drug-likeness (QED) is 0.382. The van der Waals surface area contributed by atoms with Crippen LogP contribution >= 0.6 is 0 Å². The molecule has 1 saturated heterocycles. The van der Waals surface area contributed by atoms with Gasteiger partial charge in [0.2, 0.25) is 10.0 Å². The highest BCUT2D eigenvalue weighted by Gasteiger charge is 2.34. The lowest BCUT2D eigenvalue weighted by Crippen LogP contribution is -2.32. The lowest BCUT2D eigenvalue weighted by Gasteiger charge is -2.19. The summed E-state index contributed by atoms with van der Waals surface area (Å²) in [6.07, 6.45) is 3.15. The average Bonchev–Trinajstić information content (AvgIpc) is 3.43. The number of nitrogens with zero attached hydrogens (tertiary/aromatic N) is 5.